The van der Waals surface area contributed by atoms with Gasteiger partial charge >= 0.3 is 6.03 Å². The maximum Gasteiger partial charge on any atom is 0.335 e. The van der Waals surface area contributed by atoms with Crippen molar-refractivity contribution in [2.45, 2.75) is 6.42 Å². The highest BCUT2D eigenvalue weighted by molar-refractivity contribution is 6.39. The summed E-state index contributed by atoms with van der Waals surface area (Å²) in [6.45, 7) is 0. The second-order valence-corrected chi connectivity index (χ2v) is 7.41. The van der Waals surface area contributed by atoms with E-state index in [0.717, 1.165) is 28.0 Å². The van der Waals surface area contributed by atoms with Crippen LogP contribution in [0.2, 0.25) is 0 Å². The van der Waals surface area contributed by atoms with Gasteiger partial charge in [0.2, 0.25) is 0 Å². The Balaban J connectivity index is 1.49. The van der Waals surface area contributed by atoms with Crippen LogP contribution in [0.5, 0.6) is 5.75 Å². The number of nitrogens with one attached hydrogen (secondary N) is 1. The first-order valence-corrected chi connectivity index (χ1v) is 9.82. The number of methoxy groups -OCH3 is 1. The maximum atomic E-state index is 13.1. The van der Waals surface area contributed by atoms with Crippen LogP contribution in [0.3, 0.4) is 0 Å². The molecule has 0 atom stereocenters. The van der Waals surface area contributed by atoms with Crippen molar-refractivity contribution in [1.29, 1.82) is 0 Å². The Morgan fingerprint density at radius 1 is 0.903 bits per heavy atom. The third kappa shape index (κ3) is 3.18. The van der Waals surface area contributed by atoms with Crippen molar-refractivity contribution >= 4 is 29.6 Å². The number of nitrogens with zero attached hydrogens (tertiary/aromatic N) is 1. The van der Waals surface area contributed by atoms with E-state index in [9.17, 15) is 14.4 Å². The van der Waals surface area contributed by atoms with Gasteiger partial charge in [-0.15, -0.1) is 0 Å². The van der Waals surface area contributed by atoms with Gasteiger partial charge in [0.1, 0.15) is 11.3 Å². The molecule has 4 amide bonds. The van der Waals surface area contributed by atoms with E-state index < -0.39 is 17.8 Å². The van der Waals surface area contributed by atoms with E-state index >= 15 is 0 Å². The Bertz CT molecular complexity index is 1270. The number of urea groups is 1. The minimum Gasteiger partial charge on any atom is -0.497 e. The molecule has 0 bridgehead atoms. The molecule has 6 heteroatoms. The monoisotopic (exact) mass is 410 g/mol. The molecule has 6 nitrogen and oxygen atoms in total. The molecule has 1 aliphatic heterocycles. The fourth-order valence-corrected chi connectivity index (χ4v) is 4.04. The van der Waals surface area contributed by atoms with Crippen molar-refractivity contribution in [3.05, 3.63) is 89.0 Å². The Labute approximate surface area is 178 Å². The lowest BCUT2D eigenvalue weighted by molar-refractivity contribution is -0.122. The summed E-state index contributed by atoms with van der Waals surface area (Å²) < 4.78 is 5.12. The predicted molar refractivity (Wildman–Crippen MR) is 117 cm³/mol. The highest BCUT2D eigenvalue weighted by Gasteiger charge is 2.36. The molecule has 0 radical (unpaired) electrons. The van der Waals surface area contributed by atoms with Gasteiger partial charge in [0, 0.05) is 0 Å². The molecule has 0 spiro atoms. The van der Waals surface area contributed by atoms with Crippen LogP contribution in [0.15, 0.2) is 72.3 Å². The average Bonchev–Trinajstić information content (AvgIpc) is 3.15. The topological polar surface area (TPSA) is 75.7 Å². The third-order valence-electron chi connectivity index (χ3n) is 5.56. The lowest BCUT2D eigenvalue weighted by atomic mass is 10.0. The van der Waals surface area contributed by atoms with E-state index in [1.165, 1.54) is 24.3 Å². The molecule has 0 saturated carbocycles. The summed E-state index contributed by atoms with van der Waals surface area (Å²) in [7, 11) is 1.53. The van der Waals surface area contributed by atoms with E-state index in [1.807, 2.05) is 30.3 Å². The normalized spacial score (nSPS) is 16.2. The van der Waals surface area contributed by atoms with Crippen molar-refractivity contribution in [2.75, 3.05) is 12.0 Å². The number of amides is 4. The highest BCUT2D eigenvalue weighted by atomic mass is 16.5. The van der Waals surface area contributed by atoms with Gasteiger partial charge in [-0.05, 0) is 64.6 Å². The highest BCUT2D eigenvalue weighted by Crippen LogP contribution is 2.37. The minimum atomic E-state index is -0.776. The summed E-state index contributed by atoms with van der Waals surface area (Å²) in [5.41, 5.74) is 5.75. The van der Waals surface area contributed by atoms with Crippen LogP contribution in [0.4, 0.5) is 10.5 Å². The van der Waals surface area contributed by atoms with Crippen molar-refractivity contribution in [3.63, 3.8) is 0 Å². The van der Waals surface area contributed by atoms with Gasteiger partial charge in [-0.1, -0.05) is 42.5 Å². The van der Waals surface area contributed by atoms with Crippen LogP contribution in [-0.4, -0.2) is 25.0 Å². The molecule has 3 aromatic carbocycles. The lowest BCUT2D eigenvalue weighted by Crippen LogP contribution is -2.54. The molecular formula is C25H18N2O4. The van der Waals surface area contributed by atoms with E-state index in [1.54, 1.807) is 24.3 Å². The Kier molecular flexibility index (Phi) is 4.40. The molecule has 0 unspecified atom stereocenters. The number of carbonyl (C=O) groups is 3. The number of ether oxygens (including phenoxy) is 1. The minimum absolute atomic E-state index is 0.0918. The second kappa shape index (κ2) is 7.25. The summed E-state index contributed by atoms with van der Waals surface area (Å²) in [6.07, 6.45) is 2.34. The predicted octanol–water partition coefficient (Wildman–Crippen LogP) is 3.93. The maximum absolute atomic E-state index is 13.1. The molecule has 0 aromatic heterocycles. The Morgan fingerprint density at radius 2 is 1.65 bits per heavy atom. The van der Waals surface area contributed by atoms with Crippen molar-refractivity contribution < 1.29 is 19.1 Å². The molecule has 3 aromatic rings. The summed E-state index contributed by atoms with van der Waals surface area (Å²) in [5.74, 6) is -0.772. The standard InChI is InChI=1S/C25H18N2O4/c1-31-19-9-7-18(8-10-19)27-24(29)22(23(28)26-25(27)30)13-15-6-11-21-17(12-15)14-16-4-2-3-5-20(16)21/h2-13H,14H2,1H3,(H,26,28,30)/b22-13+. The molecule has 5 rings (SSSR count). The summed E-state index contributed by atoms with van der Waals surface area (Å²) in [6, 6.07) is 19.8. The molecule has 152 valence electrons. The summed E-state index contributed by atoms with van der Waals surface area (Å²) in [5, 5.41) is 2.25. The first-order valence-electron chi connectivity index (χ1n) is 9.82. The van der Waals surface area contributed by atoms with Gasteiger partial charge < -0.3 is 4.74 Å². The molecule has 1 aliphatic carbocycles. The number of anilines is 1. The van der Waals surface area contributed by atoms with Crippen molar-refractivity contribution in [2.24, 2.45) is 0 Å². The quantitative estimate of drug-likeness (QED) is 0.410. The summed E-state index contributed by atoms with van der Waals surface area (Å²) >= 11 is 0. The third-order valence-corrected chi connectivity index (χ3v) is 5.56. The lowest BCUT2D eigenvalue weighted by Gasteiger charge is -2.26. The van der Waals surface area contributed by atoms with Crippen molar-refractivity contribution in [1.82, 2.24) is 5.32 Å². The molecule has 1 N–H and O–H groups in total. The number of benzene rings is 3. The first kappa shape index (κ1) is 18.8. The number of hydrogen-bond donors (Lipinski definition) is 1. The molecule has 1 saturated heterocycles. The van der Waals surface area contributed by atoms with Crippen molar-refractivity contribution in [3.8, 4) is 16.9 Å². The van der Waals surface area contributed by atoms with Gasteiger partial charge in [0.05, 0.1) is 12.8 Å². The van der Waals surface area contributed by atoms with E-state index in [0.29, 0.717) is 11.4 Å². The largest absolute Gasteiger partial charge is 0.497 e. The number of carbonyl (C=O) groups excluding carboxylic acids is 3. The Hall–Kier alpha value is -4.19. The van der Waals surface area contributed by atoms with Gasteiger partial charge in [0.25, 0.3) is 11.8 Å². The zero-order valence-electron chi connectivity index (χ0n) is 16.7. The van der Waals surface area contributed by atoms with Gasteiger partial charge in [0.15, 0.2) is 0 Å². The molecule has 31 heavy (non-hydrogen) atoms. The first-order chi connectivity index (χ1) is 15.0. The van der Waals surface area contributed by atoms with Gasteiger partial charge in [-0.3, -0.25) is 14.9 Å². The van der Waals surface area contributed by atoms with E-state index in [2.05, 4.69) is 17.4 Å². The molecule has 1 fully saturated rings. The molecular weight excluding hydrogens is 392 g/mol. The smallest absolute Gasteiger partial charge is 0.335 e. The van der Waals surface area contributed by atoms with Crippen LogP contribution in [0, 0.1) is 0 Å². The number of hydrogen-bond acceptors (Lipinski definition) is 4. The fourth-order valence-electron chi connectivity index (χ4n) is 4.04. The SMILES string of the molecule is COc1ccc(N2C(=O)NC(=O)/C(=C\c3ccc4c(c3)Cc3ccccc3-4)C2=O)cc1. The van der Waals surface area contributed by atoms with Crippen LogP contribution in [-0.2, 0) is 16.0 Å². The molecule has 1 heterocycles. The number of barbiturate groups is 1. The van der Waals surface area contributed by atoms with Crippen LogP contribution >= 0.6 is 0 Å². The Morgan fingerprint density at radius 3 is 2.42 bits per heavy atom. The zero-order valence-corrected chi connectivity index (χ0v) is 16.7. The van der Waals surface area contributed by atoms with Gasteiger partial charge in [-0.25, -0.2) is 9.69 Å². The number of imide groups is 2. The van der Waals surface area contributed by atoms with E-state index in [-0.39, 0.29) is 5.57 Å². The van der Waals surface area contributed by atoms with Gasteiger partial charge in [-0.2, -0.15) is 0 Å². The number of rotatable bonds is 3. The second-order valence-electron chi connectivity index (χ2n) is 7.41. The fraction of sp³-hybridized carbons (Fsp3) is 0.0800. The number of fused-ring (bicyclic) bond motifs is 3. The van der Waals surface area contributed by atoms with E-state index in [4.69, 9.17) is 4.74 Å². The average molecular weight is 410 g/mol. The van der Waals surface area contributed by atoms with Crippen LogP contribution in [0.1, 0.15) is 16.7 Å². The van der Waals surface area contributed by atoms with Crippen LogP contribution < -0.4 is 15.0 Å². The summed E-state index contributed by atoms with van der Waals surface area (Å²) in [4.78, 5) is 38.8. The molecule has 2 aliphatic rings. The van der Waals surface area contributed by atoms with Crippen LogP contribution in [0.25, 0.3) is 17.2 Å². The zero-order chi connectivity index (χ0) is 21.5.